The Balaban J connectivity index is 2.22. The summed E-state index contributed by atoms with van der Waals surface area (Å²) in [6.45, 7) is 3.76. The van der Waals surface area contributed by atoms with Gasteiger partial charge in [-0.25, -0.2) is 0 Å². The second kappa shape index (κ2) is 4.53. The summed E-state index contributed by atoms with van der Waals surface area (Å²) in [5, 5.41) is 3.37. The summed E-state index contributed by atoms with van der Waals surface area (Å²) in [7, 11) is 1.67. The van der Waals surface area contributed by atoms with Crippen molar-refractivity contribution in [3.05, 3.63) is 23.8 Å². The molecule has 1 aromatic rings. The maximum atomic E-state index is 5.53. The molecule has 1 aromatic carbocycles. The van der Waals surface area contributed by atoms with Gasteiger partial charge in [-0.05, 0) is 37.6 Å². The van der Waals surface area contributed by atoms with Gasteiger partial charge < -0.3 is 14.8 Å². The zero-order valence-electron chi connectivity index (χ0n) is 9.25. The Kier molecular flexibility index (Phi) is 3.11. The maximum Gasteiger partial charge on any atom is 0.161 e. The van der Waals surface area contributed by atoms with Gasteiger partial charge in [-0.1, -0.05) is 6.07 Å². The number of ether oxygens (including phenoxy) is 2. The lowest BCUT2D eigenvalue weighted by Crippen LogP contribution is -2.34. The fourth-order valence-electron chi connectivity index (χ4n) is 1.75. The van der Waals surface area contributed by atoms with Crippen molar-refractivity contribution in [1.82, 2.24) is 5.32 Å². The van der Waals surface area contributed by atoms with Gasteiger partial charge in [0.05, 0.1) is 13.7 Å². The molecule has 2 rings (SSSR count). The lowest BCUT2D eigenvalue weighted by Gasteiger charge is -2.28. The van der Waals surface area contributed by atoms with Crippen LogP contribution in [0.25, 0.3) is 0 Å². The first-order valence-corrected chi connectivity index (χ1v) is 5.39. The third kappa shape index (κ3) is 2.07. The third-order valence-corrected chi connectivity index (χ3v) is 2.71. The number of nitrogens with one attached hydrogen (secondary N) is 1. The fourth-order valence-corrected chi connectivity index (χ4v) is 1.75. The molecule has 3 nitrogen and oxygen atoms in total. The molecule has 1 aliphatic heterocycles. The average molecular weight is 207 g/mol. The number of hydrogen-bond acceptors (Lipinski definition) is 3. The standard InChI is InChI=1S/C12H17NO2/c1-3-15-12-8-9(10-6-7-13-10)4-5-11(12)14-2/h4-5,8,10,13H,3,6-7H2,1-2H3/t10-/m1/s1. The topological polar surface area (TPSA) is 30.5 Å². The number of methoxy groups -OCH3 is 1. The Morgan fingerprint density at radius 2 is 2.20 bits per heavy atom. The first-order valence-electron chi connectivity index (χ1n) is 5.39. The van der Waals surface area contributed by atoms with E-state index in [1.807, 2.05) is 13.0 Å². The van der Waals surface area contributed by atoms with Crippen LogP contribution >= 0.6 is 0 Å². The van der Waals surface area contributed by atoms with Crippen LogP contribution in [0.1, 0.15) is 24.9 Å². The van der Waals surface area contributed by atoms with Crippen LogP contribution in [-0.2, 0) is 0 Å². The Morgan fingerprint density at radius 3 is 2.73 bits per heavy atom. The third-order valence-electron chi connectivity index (χ3n) is 2.71. The average Bonchev–Trinajstić information content (AvgIpc) is 2.16. The highest BCUT2D eigenvalue weighted by Gasteiger charge is 2.19. The molecule has 0 saturated carbocycles. The van der Waals surface area contributed by atoms with Crippen molar-refractivity contribution in [2.24, 2.45) is 0 Å². The molecule has 15 heavy (non-hydrogen) atoms. The van der Waals surface area contributed by atoms with E-state index >= 15 is 0 Å². The zero-order chi connectivity index (χ0) is 10.7. The van der Waals surface area contributed by atoms with E-state index in [1.165, 1.54) is 12.0 Å². The highest BCUT2D eigenvalue weighted by molar-refractivity contribution is 5.44. The van der Waals surface area contributed by atoms with E-state index in [2.05, 4.69) is 17.4 Å². The molecular formula is C12H17NO2. The Labute approximate surface area is 90.4 Å². The van der Waals surface area contributed by atoms with Crippen LogP contribution in [0.4, 0.5) is 0 Å². The number of hydrogen-bond donors (Lipinski definition) is 1. The van der Waals surface area contributed by atoms with Crippen LogP contribution in [0.15, 0.2) is 18.2 Å². The monoisotopic (exact) mass is 207 g/mol. The van der Waals surface area contributed by atoms with E-state index in [-0.39, 0.29) is 0 Å². The number of rotatable bonds is 4. The van der Waals surface area contributed by atoms with Crippen LogP contribution in [0, 0.1) is 0 Å². The molecule has 1 fully saturated rings. The van der Waals surface area contributed by atoms with Crippen molar-refractivity contribution in [3.63, 3.8) is 0 Å². The Bertz CT molecular complexity index is 334. The Morgan fingerprint density at radius 1 is 1.40 bits per heavy atom. The number of benzene rings is 1. The van der Waals surface area contributed by atoms with E-state index in [0.717, 1.165) is 18.0 Å². The summed E-state index contributed by atoms with van der Waals surface area (Å²) in [5.41, 5.74) is 1.28. The van der Waals surface area contributed by atoms with Gasteiger partial charge >= 0.3 is 0 Å². The highest BCUT2D eigenvalue weighted by Crippen LogP contribution is 2.32. The molecule has 1 N–H and O–H groups in total. The molecule has 1 aliphatic rings. The second-order valence-electron chi connectivity index (χ2n) is 3.64. The van der Waals surface area contributed by atoms with Gasteiger partial charge in [0.15, 0.2) is 11.5 Å². The van der Waals surface area contributed by atoms with Crippen molar-refractivity contribution >= 4 is 0 Å². The molecule has 0 aromatic heterocycles. The van der Waals surface area contributed by atoms with Crippen molar-refractivity contribution in [2.45, 2.75) is 19.4 Å². The molecule has 3 heteroatoms. The lowest BCUT2D eigenvalue weighted by molar-refractivity contribution is 0.308. The van der Waals surface area contributed by atoms with Gasteiger partial charge in [0.25, 0.3) is 0 Å². The fraction of sp³-hybridized carbons (Fsp3) is 0.500. The minimum absolute atomic E-state index is 0.495. The summed E-state index contributed by atoms with van der Waals surface area (Å²) < 4.78 is 10.8. The smallest absolute Gasteiger partial charge is 0.161 e. The van der Waals surface area contributed by atoms with Gasteiger partial charge in [0.1, 0.15) is 0 Å². The molecule has 0 radical (unpaired) electrons. The first kappa shape index (κ1) is 10.3. The maximum absolute atomic E-state index is 5.53. The molecule has 0 amide bonds. The largest absolute Gasteiger partial charge is 0.493 e. The lowest BCUT2D eigenvalue weighted by atomic mass is 9.98. The SMILES string of the molecule is CCOc1cc([C@H]2CCN2)ccc1OC. The molecule has 0 aliphatic carbocycles. The van der Waals surface area contributed by atoms with E-state index in [0.29, 0.717) is 12.6 Å². The van der Waals surface area contributed by atoms with Crippen LogP contribution in [0.5, 0.6) is 11.5 Å². The van der Waals surface area contributed by atoms with E-state index < -0.39 is 0 Å². The summed E-state index contributed by atoms with van der Waals surface area (Å²) in [6.07, 6.45) is 1.21. The van der Waals surface area contributed by atoms with Gasteiger partial charge in [0, 0.05) is 6.04 Å². The van der Waals surface area contributed by atoms with Gasteiger partial charge in [-0.3, -0.25) is 0 Å². The Hall–Kier alpha value is -1.22. The summed E-state index contributed by atoms with van der Waals surface area (Å²) in [5.74, 6) is 1.64. The van der Waals surface area contributed by atoms with Crippen LogP contribution in [0.3, 0.4) is 0 Å². The van der Waals surface area contributed by atoms with Gasteiger partial charge in [-0.15, -0.1) is 0 Å². The van der Waals surface area contributed by atoms with Crippen LogP contribution in [0.2, 0.25) is 0 Å². The van der Waals surface area contributed by atoms with Crippen molar-refractivity contribution in [2.75, 3.05) is 20.3 Å². The molecule has 1 heterocycles. The van der Waals surface area contributed by atoms with Crippen molar-refractivity contribution < 1.29 is 9.47 Å². The highest BCUT2D eigenvalue weighted by atomic mass is 16.5. The molecule has 82 valence electrons. The van der Waals surface area contributed by atoms with Gasteiger partial charge in [-0.2, -0.15) is 0 Å². The van der Waals surface area contributed by atoms with E-state index in [1.54, 1.807) is 7.11 Å². The van der Waals surface area contributed by atoms with Crippen molar-refractivity contribution in [3.8, 4) is 11.5 Å². The molecule has 1 atom stereocenters. The van der Waals surface area contributed by atoms with E-state index in [9.17, 15) is 0 Å². The summed E-state index contributed by atoms with van der Waals surface area (Å²) in [4.78, 5) is 0. The first-order chi connectivity index (χ1) is 7.35. The zero-order valence-corrected chi connectivity index (χ0v) is 9.25. The molecule has 0 bridgehead atoms. The molecule has 0 spiro atoms. The molecule has 1 saturated heterocycles. The van der Waals surface area contributed by atoms with Crippen molar-refractivity contribution in [1.29, 1.82) is 0 Å². The van der Waals surface area contributed by atoms with Crippen LogP contribution in [-0.4, -0.2) is 20.3 Å². The second-order valence-corrected chi connectivity index (χ2v) is 3.64. The summed E-state index contributed by atoms with van der Waals surface area (Å²) in [6, 6.07) is 6.63. The van der Waals surface area contributed by atoms with Gasteiger partial charge in [0.2, 0.25) is 0 Å². The minimum Gasteiger partial charge on any atom is -0.493 e. The quantitative estimate of drug-likeness (QED) is 0.820. The molecule has 0 unspecified atom stereocenters. The predicted molar refractivity (Wildman–Crippen MR) is 59.5 cm³/mol. The summed E-state index contributed by atoms with van der Waals surface area (Å²) >= 11 is 0. The predicted octanol–water partition coefficient (Wildman–Crippen LogP) is 2.13. The van der Waals surface area contributed by atoms with E-state index in [4.69, 9.17) is 9.47 Å². The normalized spacial score (nSPS) is 19.5. The van der Waals surface area contributed by atoms with Crippen LogP contribution < -0.4 is 14.8 Å². The molecular weight excluding hydrogens is 190 g/mol. The minimum atomic E-state index is 0.495.